The van der Waals surface area contributed by atoms with Crippen LogP contribution >= 0.6 is 0 Å². The van der Waals surface area contributed by atoms with Crippen molar-refractivity contribution >= 4 is 0 Å². The number of rotatable bonds is 0. The van der Waals surface area contributed by atoms with Crippen molar-refractivity contribution in [3.05, 3.63) is 12.2 Å². The molecule has 3 heterocycles. The second kappa shape index (κ2) is 1.86. The van der Waals surface area contributed by atoms with Gasteiger partial charge in [0.25, 0.3) is 0 Å². The number of ether oxygens (including phenoxy) is 3. The minimum atomic E-state index is -0.403. The Labute approximate surface area is 64.9 Å². The molecule has 3 aliphatic heterocycles. The summed E-state index contributed by atoms with van der Waals surface area (Å²) in [6.07, 6.45) is 5.28. The summed E-state index contributed by atoms with van der Waals surface area (Å²) in [7, 11) is 0. The molecule has 3 aliphatic rings. The van der Waals surface area contributed by atoms with Gasteiger partial charge >= 0.3 is 0 Å². The lowest BCUT2D eigenvalue weighted by Gasteiger charge is -2.25. The Morgan fingerprint density at radius 2 is 2.00 bits per heavy atom. The van der Waals surface area contributed by atoms with Crippen LogP contribution in [0.4, 0.5) is 0 Å². The molecule has 2 fully saturated rings. The molecular weight excluding hydrogens is 144 g/mol. The molecule has 2 atom stereocenters. The third kappa shape index (κ3) is 0.682. The van der Waals surface area contributed by atoms with E-state index in [1.54, 1.807) is 0 Å². The van der Waals surface area contributed by atoms with Crippen LogP contribution in [-0.2, 0) is 14.2 Å². The van der Waals surface area contributed by atoms with E-state index < -0.39 is 5.79 Å². The van der Waals surface area contributed by atoms with Gasteiger partial charge in [0.2, 0.25) is 5.79 Å². The first-order valence-corrected chi connectivity index (χ1v) is 4.01. The van der Waals surface area contributed by atoms with E-state index in [1.165, 1.54) is 0 Å². The van der Waals surface area contributed by atoms with Crippen molar-refractivity contribution in [2.75, 3.05) is 13.2 Å². The quantitative estimate of drug-likeness (QED) is 0.474. The van der Waals surface area contributed by atoms with Crippen molar-refractivity contribution in [1.82, 2.24) is 0 Å². The van der Waals surface area contributed by atoms with E-state index in [4.69, 9.17) is 14.2 Å². The van der Waals surface area contributed by atoms with Crippen molar-refractivity contribution < 1.29 is 14.2 Å². The van der Waals surface area contributed by atoms with Crippen LogP contribution in [0.15, 0.2) is 12.2 Å². The van der Waals surface area contributed by atoms with Gasteiger partial charge in [-0.3, -0.25) is 0 Å². The molecule has 60 valence electrons. The van der Waals surface area contributed by atoms with Crippen LogP contribution in [0.2, 0.25) is 0 Å². The van der Waals surface area contributed by atoms with Crippen LogP contribution in [0, 0.1) is 0 Å². The fourth-order valence-electron chi connectivity index (χ4n) is 2.02. The Hall–Kier alpha value is -0.380. The number of hydrogen-bond acceptors (Lipinski definition) is 3. The number of hydrogen-bond donors (Lipinski definition) is 0. The lowest BCUT2D eigenvalue weighted by molar-refractivity contribution is -0.175. The normalized spacial score (nSPS) is 44.4. The molecule has 0 aromatic carbocycles. The topological polar surface area (TPSA) is 27.7 Å². The van der Waals surface area contributed by atoms with Gasteiger partial charge in [0.05, 0.1) is 19.3 Å². The van der Waals surface area contributed by atoms with E-state index >= 15 is 0 Å². The van der Waals surface area contributed by atoms with Crippen LogP contribution < -0.4 is 0 Å². The van der Waals surface area contributed by atoms with Gasteiger partial charge in [-0.25, -0.2) is 0 Å². The largest absolute Gasteiger partial charge is 0.361 e. The van der Waals surface area contributed by atoms with Crippen LogP contribution in [-0.4, -0.2) is 31.2 Å². The van der Waals surface area contributed by atoms with Crippen LogP contribution in [0.5, 0.6) is 0 Å². The van der Waals surface area contributed by atoms with Crippen molar-refractivity contribution in [2.45, 2.75) is 24.4 Å². The zero-order valence-corrected chi connectivity index (χ0v) is 6.16. The van der Waals surface area contributed by atoms with E-state index in [-0.39, 0.29) is 12.2 Å². The van der Waals surface area contributed by atoms with Crippen LogP contribution in [0.1, 0.15) is 6.42 Å². The predicted octanol–water partition coefficient (Wildman–Crippen LogP) is 0.457. The summed E-state index contributed by atoms with van der Waals surface area (Å²) in [5.41, 5.74) is 0. The molecule has 2 bridgehead atoms. The lowest BCUT2D eigenvalue weighted by atomic mass is 10.0. The fraction of sp³-hybridized carbons (Fsp3) is 0.750. The third-order valence-corrected chi connectivity index (χ3v) is 2.52. The standard InChI is InChI=1S/C8H10O3/c1-2-7-8(5-6(1)11-7)9-3-4-10-8/h1-2,6-7H,3-5H2/t6-,7+/m1/s1. The SMILES string of the molecule is C1=C[C@@H]2O[C@H]1CC21OCCO1. The van der Waals surface area contributed by atoms with Crippen molar-refractivity contribution in [2.24, 2.45) is 0 Å². The van der Waals surface area contributed by atoms with Gasteiger partial charge in [-0.2, -0.15) is 0 Å². The maximum atomic E-state index is 5.55. The Kier molecular flexibility index (Phi) is 1.04. The number of fused-ring (bicyclic) bond motifs is 3. The summed E-state index contributed by atoms with van der Waals surface area (Å²) >= 11 is 0. The Bertz CT molecular complexity index is 205. The molecule has 3 heteroatoms. The summed E-state index contributed by atoms with van der Waals surface area (Å²) in [6.45, 7) is 1.42. The highest BCUT2D eigenvalue weighted by atomic mass is 16.8. The maximum Gasteiger partial charge on any atom is 0.201 e. The van der Waals surface area contributed by atoms with Crippen molar-refractivity contribution in [3.63, 3.8) is 0 Å². The monoisotopic (exact) mass is 154 g/mol. The van der Waals surface area contributed by atoms with Crippen LogP contribution in [0.25, 0.3) is 0 Å². The minimum Gasteiger partial charge on any atom is -0.361 e. The molecule has 0 saturated carbocycles. The zero-order chi connectivity index (χ0) is 7.31. The highest BCUT2D eigenvalue weighted by molar-refractivity contribution is 5.16. The summed E-state index contributed by atoms with van der Waals surface area (Å²) in [6, 6.07) is 0. The molecule has 0 unspecified atom stereocenters. The van der Waals surface area contributed by atoms with E-state index in [0.29, 0.717) is 13.2 Å². The summed E-state index contributed by atoms with van der Waals surface area (Å²) in [5, 5.41) is 0. The molecule has 0 aromatic heterocycles. The van der Waals surface area contributed by atoms with Gasteiger partial charge in [0, 0.05) is 6.42 Å². The first-order chi connectivity index (χ1) is 5.39. The van der Waals surface area contributed by atoms with Gasteiger partial charge in [-0.05, 0) is 0 Å². The average molecular weight is 154 g/mol. The van der Waals surface area contributed by atoms with E-state index in [1.807, 2.05) is 6.08 Å². The van der Waals surface area contributed by atoms with Gasteiger partial charge in [0.15, 0.2) is 0 Å². The maximum absolute atomic E-state index is 5.55. The molecule has 0 N–H and O–H groups in total. The Morgan fingerprint density at radius 1 is 1.18 bits per heavy atom. The lowest BCUT2D eigenvalue weighted by Crippen LogP contribution is -2.38. The second-order valence-electron chi connectivity index (χ2n) is 3.19. The van der Waals surface area contributed by atoms with Gasteiger partial charge in [-0.1, -0.05) is 12.2 Å². The van der Waals surface area contributed by atoms with Gasteiger partial charge in [-0.15, -0.1) is 0 Å². The molecule has 0 radical (unpaired) electrons. The first-order valence-electron chi connectivity index (χ1n) is 4.01. The molecule has 0 aromatic rings. The second-order valence-corrected chi connectivity index (χ2v) is 3.19. The minimum absolute atomic E-state index is 0.0509. The highest BCUT2D eigenvalue weighted by Gasteiger charge is 2.54. The first kappa shape index (κ1) is 6.17. The van der Waals surface area contributed by atoms with Crippen molar-refractivity contribution in [1.29, 1.82) is 0 Å². The Morgan fingerprint density at radius 3 is 2.55 bits per heavy atom. The predicted molar refractivity (Wildman–Crippen MR) is 37.1 cm³/mol. The molecule has 11 heavy (non-hydrogen) atoms. The van der Waals surface area contributed by atoms with E-state index in [0.717, 1.165) is 6.42 Å². The molecule has 0 aliphatic carbocycles. The van der Waals surface area contributed by atoms with Gasteiger partial charge < -0.3 is 14.2 Å². The molecule has 2 saturated heterocycles. The van der Waals surface area contributed by atoms with Crippen LogP contribution in [0.3, 0.4) is 0 Å². The Balaban J connectivity index is 1.94. The fourth-order valence-corrected chi connectivity index (χ4v) is 2.02. The van der Waals surface area contributed by atoms with E-state index in [9.17, 15) is 0 Å². The summed E-state index contributed by atoms with van der Waals surface area (Å²) < 4.78 is 16.6. The smallest absolute Gasteiger partial charge is 0.201 e. The molecular formula is C8H10O3. The molecule has 0 amide bonds. The third-order valence-electron chi connectivity index (χ3n) is 2.52. The summed E-state index contributed by atoms with van der Waals surface area (Å²) in [4.78, 5) is 0. The molecule has 3 rings (SSSR count). The molecule has 1 spiro atoms. The average Bonchev–Trinajstić information content (AvgIpc) is 2.64. The highest BCUT2D eigenvalue weighted by Crippen LogP contribution is 2.42. The summed E-state index contributed by atoms with van der Waals surface area (Å²) in [5.74, 6) is -0.403. The van der Waals surface area contributed by atoms with E-state index in [2.05, 4.69) is 6.08 Å². The van der Waals surface area contributed by atoms with Gasteiger partial charge in [0.1, 0.15) is 6.10 Å². The molecule has 3 nitrogen and oxygen atoms in total. The van der Waals surface area contributed by atoms with Crippen molar-refractivity contribution in [3.8, 4) is 0 Å². The zero-order valence-electron chi connectivity index (χ0n) is 6.16.